The largest absolute Gasteiger partial charge is 0.367 e. The molecule has 0 unspecified atom stereocenters. The molecule has 1 aromatic heterocycles. The Balaban J connectivity index is 1.62. The van der Waals surface area contributed by atoms with Gasteiger partial charge >= 0.3 is 0 Å². The third-order valence-electron chi connectivity index (χ3n) is 4.83. The number of nitrogens with one attached hydrogen (secondary N) is 1. The lowest BCUT2D eigenvalue weighted by molar-refractivity contribution is 0.102. The van der Waals surface area contributed by atoms with Crippen LogP contribution in [-0.2, 0) is 10.0 Å². The van der Waals surface area contributed by atoms with Crippen LogP contribution in [0.1, 0.15) is 29.9 Å². The van der Waals surface area contributed by atoms with Crippen LogP contribution in [0.25, 0.3) is 0 Å². The Kier molecular flexibility index (Phi) is 5.48. The number of anilines is 1. The molecule has 0 aliphatic carbocycles. The molecule has 1 aliphatic rings. The van der Waals surface area contributed by atoms with E-state index in [9.17, 15) is 8.42 Å². The lowest BCUT2D eigenvalue weighted by atomic mass is 9.94. The van der Waals surface area contributed by atoms with Crippen LogP contribution in [0, 0.1) is 20.8 Å². The monoisotopic (exact) mass is 392 g/mol. The van der Waals surface area contributed by atoms with E-state index in [0.29, 0.717) is 11.6 Å². The Morgan fingerprint density at radius 2 is 1.74 bits per heavy atom. The van der Waals surface area contributed by atoms with Gasteiger partial charge in [-0.05, 0) is 45.7 Å². The summed E-state index contributed by atoms with van der Waals surface area (Å²) in [5, 5.41) is 3.03. The highest BCUT2D eigenvalue weighted by atomic mass is 32.2. The molecule has 1 fully saturated rings. The summed E-state index contributed by atoms with van der Waals surface area (Å²) in [5.74, 6) is 1.22. The lowest BCUT2D eigenvalue weighted by Gasteiger charge is -2.35. The van der Waals surface area contributed by atoms with Crippen LogP contribution in [0.4, 0.5) is 10.2 Å². The van der Waals surface area contributed by atoms with E-state index in [2.05, 4.69) is 15.3 Å². The van der Waals surface area contributed by atoms with Crippen molar-refractivity contribution in [1.82, 2.24) is 14.3 Å². The molecule has 2 aromatic rings. The number of nitrogens with zero attached hydrogens (tertiary/aromatic N) is 3. The Labute approximate surface area is 159 Å². The number of aromatic nitrogens is 2. The summed E-state index contributed by atoms with van der Waals surface area (Å²) < 4.78 is 42.0. The maximum atomic E-state index is 15.1. The average molecular weight is 393 g/mol. The van der Waals surface area contributed by atoms with E-state index in [4.69, 9.17) is 0 Å². The predicted molar refractivity (Wildman–Crippen MR) is 103 cm³/mol. The molecule has 1 saturated heterocycles. The smallest absolute Gasteiger partial charge is 0.243 e. The molecule has 0 bridgehead atoms. The normalized spacial score (nSPS) is 17.6. The van der Waals surface area contributed by atoms with Gasteiger partial charge in [0.15, 0.2) is 0 Å². The van der Waals surface area contributed by atoms with Gasteiger partial charge in [-0.25, -0.2) is 22.8 Å². The minimum absolute atomic E-state index is 0.0985. The molecule has 3 rings (SSSR count). The molecule has 1 aromatic carbocycles. The highest BCUT2D eigenvalue weighted by Crippen LogP contribution is 2.30. The van der Waals surface area contributed by atoms with Gasteiger partial charge in [-0.2, -0.15) is 4.31 Å². The van der Waals surface area contributed by atoms with Crippen LogP contribution < -0.4 is 5.32 Å². The molecule has 0 radical (unpaired) electrons. The summed E-state index contributed by atoms with van der Waals surface area (Å²) in [6, 6.07) is 8.51. The molecule has 8 heteroatoms. The molecule has 27 heavy (non-hydrogen) atoms. The highest BCUT2D eigenvalue weighted by Gasteiger charge is 2.38. The first-order valence-corrected chi connectivity index (χ1v) is 10.4. The standard InChI is InChI=1S/C19H25FN4O2S/c1-14-4-6-17(7-5-14)27(25,26)24-10-8-19(20,9-11-24)13-21-18-12-15(2)22-16(3)23-18/h4-7,12H,8-11,13H2,1-3H3,(H,21,22,23). The third kappa shape index (κ3) is 4.62. The fraction of sp³-hybridized carbons (Fsp3) is 0.474. The molecule has 0 amide bonds. The Morgan fingerprint density at radius 3 is 2.33 bits per heavy atom. The van der Waals surface area contributed by atoms with Crippen molar-refractivity contribution in [3.8, 4) is 0 Å². The van der Waals surface area contributed by atoms with E-state index >= 15 is 4.39 Å². The summed E-state index contributed by atoms with van der Waals surface area (Å²) in [6.45, 7) is 5.98. The minimum atomic E-state index is -3.58. The van der Waals surface area contributed by atoms with Crippen molar-refractivity contribution in [2.45, 2.75) is 44.2 Å². The van der Waals surface area contributed by atoms with Gasteiger partial charge < -0.3 is 5.32 Å². The zero-order valence-corrected chi connectivity index (χ0v) is 16.7. The number of piperidine rings is 1. The minimum Gasteiger partial charge on any atom is -0.367 e. The van der Waals surface area contributed by atoms with Crippen molar-refractivity contribution in [2.24, 2.45) is 0 Å². The van der Waals surface area contributed by atoms with Crippen LogP contribution >= 0.6 is 0 Å². The maximum Gasteiger partial charge on any atom is 0.243 e. The molecule has 146 valence electrons. The molecule has 0 spiro atoms. The lowest BCUT2D eigenvalue weighted by Crippen LogP contribution is -2.47. The van der Waals surface area contributed by atoms with E-state index in [1.54, 1.807) is 37.3 Å². The second kappa shape index (κ2) is 7.52. The van der Waals surface area contributed by atoms with E-state index in [0.717, 1.165) is 11.3 Å². The number of alkyl halides is 1. The zero-order valence-electron chi connectivity index (χ0n) is 15.9. The van der Waals surface area contributed by atoms with Gasteiger partial charge in [0.1, 0.15) is 17.3 Å². The van der Waals surface area contributed by atoms with Gasteiger partial charge in [-0.1, -0.05) is 17.7 Å². The summed E-state index contributed by atoms with van der Waals surface area (Å²) in [4.78, 5) is 8.71. The molecule has 1 N–H and O–H groups in total. The number of aryl methyl sites for hydroxylation is 3. The maximum absolute atomic E-state index is 15.1. The Morgan fingerprint density at radius 1 is 1.11 bits per heavy atom. The van der Waals surface area contributed by atoms with Gasteiger partial charge in [0.2, 0.25) is 10.0 Å². The molecular formula is C19H25FN4O2S. The SMILES string of the molecule is Cc1ccc(S(=O)(=O)N2CCC(F)(CNc3cc(C)nc(C)n3)CC2)cc1. The van der Waals surface area contributed by atoms with Crippen molar-refractivity contribution in [1.29, 1.82) is 0 Å². The molecule has 0 atom stereocenters. The number of hydrogen-bond donors (Lipinski definition) is 1. The van der Waals surface area contributed by atoms with Crippen molar-refractivity contribution < 1.29 is 12.8 Å². The van der Waals surface area contributed by atoms with Crippen LogP contribution in [0.15, 0.2) is 35.2 Å². The highest BCUT2D eigenvalue weighted by molar-refractivity contribution is 7.89. The summed E-state index contributed by atoms with van der Waals surface area (Å²) in [7, 11) is -3.58. The fourth-order valence-corrected chi connectivity index (χ4v) is 4.66. The molecular weight excluding hydrogens is 367 g/mol. The third-order valence-corrected chi connectivity index (χ3v) is 6.74. The van der Waals surface area contributed by atoms with Crippen LogP contribution in [0.3, 0.4) is 0 Å². The quantitative estimate of drug-likeness (QED) is 0.847. The van der Waals surface area contributed by atoms with Crippen molar-refractivity contribution in [3.63, 3.8) is 0 Å². The Hall–Kier alpha value is -2.06. The summed E-state index contributed by atoms with van der Waals surface area (Å²) >= 11 is 0. The second-order valence-corrected chi connectivity index (χ2v) is 9.10. The number of sulfonamides is 1. The zero-order chi connectivity index (χ0) is 19.7. The number of benzene rings is 1. The van der Waals surface area contributed by atoms with Gasteiger partial charge in [-0.15, -0.1) is 0 Å². The van der Waals surface area contributed by atoms with Crippen LogP contribution in [0.2, 0.25) is 0 Å². The first-order valence-electron chi connectivity index (χ1n) is 9.00. The summed E-state index contributed by atoms with van der Waals surface area (Å²) in [6.07, 6.45) is 0.294. The van der Waals surface area contributed by atoms with Crippen LogP contribution in [0.5, 0.6) is 0 Å². The van der Waals surface area contributed by atoms with Gasteiger partial charge in [0.05, 0.1) is 11.4 Å². The van der Waals surface area contributed by atoms with Gasteiger partial charge in [0.25, 0.3) is 0 Å². The first-order chi connectivity index (χ1) is 12.7. The average Bonchev–Trinajstić information content (AvgIpc) is 2.60. The summed E-state index contributed by atoms with van der Waals surface area (Å²) in [5.41, 5.74) is 0.347. The van der Waals surface area contributed by atoms with Crippen molar-refractivity contribution in [3.05, 3.63) is 47.4 Å². The fourth-order valence-electron chi connectivity index (χ4n) is 3.22. The first kappa shape index (κ1) is 19.7. The second-order valence-electron chi connectivity index (χ2n) is 7.16. The molecule has 6 nitrogen and oxygen atoms in total. The van der Waals surface area contributed by atoms with Crippen molar-refractivity contribution in [2.75, 3.05) is 25.0 Å². The van der Waals surface area contributed by atoms with E-state index in [1.165, 1.54) is 4.31 Å². The molecule has 2 heterocycles. The molecule has 1 aliphatic heterocycles. The number of hydrogen-bond acceptors (Lipinski definition) is 5. The van der Waals surface area contributed by atoms with Gasteiger partial charge in [-0.3, -0.25) is 0 Å². The van der Waals surface area contributed by atoms with E-state index < -0.39 is 15.7 Å². The topological polar surface area (TPSA) is 75.2 Å². The molecule has 0 saturated carbocycles. The number of halogens is 1. The number of rotatable bonds is 5. The van der Waals surface area contributed by atoms with E-state index in [-0.39, 0.29) is 37.4 Å². The predicted octanol–water partition coefficient (Wildman–Crippen LogP) is 3.01. The van der Waals surface area contributed by atoms with Crippen molar-refractivity contribution >= 4 is 15.8 Å². The van der Waals surface area contributed by atoms with Crippen LogP contribution in [-0.4, -0.2) is 48.0 Å². The van der Waals surface area contributed by atoms with Gasteiger partial charge in [0, 0.05) is 24.8 Å². The Bertz CT molecular complexity index is 888. The van der Waals surface area contributed by atoms with E-state index in [1.807, 2.05) is 13.8 Å².